The van der Waals surface area contributed by atoms with Gasteiger partial charge in [0.1, 0.15) is 0 Å². The zero-order valence-corrected chi connectivity index (χ0v) is 13.2. The van der Waals surface area contributed by atoms with Crippen LogP contribution in [0.15, 0.2) is 69.4 Å². The Balaban J connectivity index is 1.84. The summed E-state index contributed by atoms with van der Waals surface area (Å²) in [5, 5.41) is 0. The molecule has 0 radical (unpaired) electrons. The second-order valence-electron chi connectivity index (χ2n) is 5.43. The molecule has 0 N–H and O–H groups in total. The van der Waals surface area contributed by atoms with E-state index in [-0.39, 0.29) is 0 Å². The molecule has 0 heterocycles. The van der Waals surface area contributed by atoms with E-state index in [4.69, 9.17) is 0 Å². The van der Waals surface area contributed by atoms with Crippen molar-refractivity contribution in [1.29, 1.82) is 0 Å². The molecular formula is C18H19I. The van der Waals surface area contributed by atoms with Gasteiger partial charge in [-0.15, -0.1) is 0 Å². The lowest BCUT2D eigenvalue weighted by molar-refractivity contribution is 0.678. The van der Waals surface area contributed by atoms with Crippen LogP contribution in [0.25, 0.3) is 0 Å². The Labute approximate surface area is 129 Å². The summed E-state index contributed by atoms with van der Waals surface area (Å²) < 4.78 is 1.50. The molecule has 0 saturated carbocycles. The summed E-state index contributed by atoms with van der Waals surface area (Å²) in [5.41, 5.74) is 3.12. The molecule has 0 aromatic carbocycles. The lowest BCUT2D eigenvalue weighted by Crippen LogP contribution is -2.11. The van der Waals surface area contributed by atoms with Crippen LogP contribution in [0.3, 0.4) is 0 Å². The van der Waals surface area contributed by atoms with Crippen molar-refractivity contribution >= 4 is 22.6 Å². The Kier molecular flexibility index (Phi) is 4.21. The molecule has 0 saturated heterocycles. The van der Waals surface area contributed by atoms with Crippen LogP contribution in [0.5, 0.6) is 0 Å². The standard InChI is InChI=1S/C18H19I/c19-18-12-16(14-7-3-1-4-8-14)11-17(13-18)15-9-5-2-6-10-15/h1-5,7,9,11-12,14,17H,6,8,10,13H2. The average molecular weight is 362 g/mol. The van der Waals surface area contributed by atoms with Gasteiger partial charge in [0.25, 0.3) is 0 Å². The number of halogens is 1. The molecule has 3 aliphatic carbocycles. The summed E-state index contributed by atoms with van der Waals surface area (Å²) in [6, 6.07) is 0. The monoisotopic (exact) mass is 362 g/mol. The van der Waals surface area contributed by atoms with E-state index < -0.39 is 0 Å². The van der Waals surface area contributed by atoms with E-state index in [0.717, 1.165) is 6.42 Å². The summed E-state index contributed by atoms with van der Waals surface area (Å²) in [4.78, 5) is 0. The minimum Gasteiger partial charge on any atom is -0.0842 e. The third-order valence-corrected chi connectivity index (χ3v) is 4.81. The first kappa shape index (κ1) is 13.2. The van der Waals surface area contributed by atoms with E-state index in [1.165, 1.54) is 28.4 Å². The van der Waals surface area contributed by atoms with E-state index in [2.05, 4.69) is 77.3 Å². The topological polar surface area (TPSA) is 0 Å². The molecular weight excluding hydrogens is 343 g/mol. The minimum atomic E-state index is 0.581. The average Bonchev–Trinajstić information content (AvgIpc) is 2.48. The number of hydrogen-bond donors (Lipinski definition) is 0. The van der Waals surface area contributed by atoms with E-state index in [0.29, 0.717) is 11.8 Å². The first-order valence-electron chi connectivity index (χ1n) is 7.09. The molecule has 19 heavy (non-hydrogen) atoms. The molecule has 0 aliphatic heterocycles. The van der Waals surface area contributed by atoms with Crippen molar-refractivity contribution in [2.45, 2.75) is 25.7 Å². The second-order valence-corrected chi connectivity index (χ2v) is 6.82. The van der Waals surface area contributed by atoms with Crippen LogP contribution in [0.4, 0.5) is 0 Å². The molecule has 1 heteroatoms. The highest BCUT2D eigenvalue weighted by atomic mass is 127. The van der Waals surface area contributed by atoms with Crippen LogP contribution < -0.4 is 0 Å². The van der Waals surface area contributed by atoms with Crippen molar-refractivity contribution in [2.75, 3.05) is 0 Å². The Hall–Kier alpha value is -0.830. The second kappa shape index (κ2) is 6.08. The molecule has 2 atom stereocenters. The predicted molar refractivity (Wildman–Crippen MR) is 91.1 cm³/mol. The maximum atomic E-state index is 2.52. The van der Waals surface area contributed by atoms with Gasteiger partial charge < -0.3 is 0 Å². The van der Waals surface area contributed by atoms with Gasteiger partial charge in [0.2, 0.25) is 0 Å². The number of hydrogen-bond acceptors (Lipinski definition) is 0. The third kappa shape index (κ3) is 3.19. The van der Waals surface area contributed by atoms with Crippen LogP contribution in [0.2, 0.25) is 0 Å². The highest BCUT2D eigenvalue weighted by Gasteiger charge is 2.21. The minimum absolute atomic E-state index is 0.581. The van der Waals surface area contributed by atoms with Gasteiger partial charge in [0.15, 0.2) is 0 Å². The number of rotatable bonds is 2. The normalized spacial score (nSPS) is 29.8. The fraction of sp³-hybridized carbons (Fsp3) is 0.333. The largest absolute Gasteiger partial charge is 0.0842 e. The summed E-state index contributed by atoms with van der Waals surface area (Å²) in [5.74, 6) is 1.20. The molecule has 0 spiro atoms. The van der Waals surface area contributed by atoms with Gasteiger partial charge >= 0.3 is 0 Å². The molecule has 2 unspecified atom stereocenters. The van der Waals surface area contributed by atoms with Gasteiger partial charge in [-0.3, -0.25) is 0 Å². The van der Waals surface area contributed by atoms with Gasteiger partial charge in [0.05, 0.1) is 0 Å². The SMILES string of the molecule is IC1=CC(C2C=CC=CC2)=CC(C2=CC=CCC2)C1. The van der Waals surface area contributed by atoms with Crippen molar-refractivity contribution in [1.82, 2.24) is 0 Å². The number of allylic oxidation sites excluding steroid dienone is 12. The molecule has 3 rings (SSSR count). The Morgan fingerprint density at radius 2 is 2.00 bits per heavy atom. The van der Waals surface area contributed by atoms with Crippen LogP contribution in [-0.4, -0.2) is 0 Å². The first-order valence-corrected chi connectivity index (χ1v) is 8.17. The van der Waals surface area contributed by atoms with Gasteiger partial charge in [-0.05, 0) is 63.5 Å². The lowest BCUT2D eigenvalue weighted by Gasteiger charge is -2.26. The lowest BCUT2D eigenvalue weighted by atomic mass is 9.81. The van der Waals surface area contributed by atoms with Crippen molar-refractivity contribution in [3.8, 4) is 0 Å². The Bertz CT molecular complexity index is 526. The van der Waals surface area contributed by atoms with E-state index in [9.17, 15) is 0 Å². The molecule has 0 nitrogen and oxygen atoms in total. The summed E-state index contributed by atoms with van der Waals surface area (Å²) in [6.07, 6.45) is 25.5. The molecule has 98 valence electrons. The Morgan fingerprint density at radius 1 is 1.05 bits per heavy atom. The zero-order valence-electron chi connectivity index (χ0n) is 11.1. The molecule has 0 aromatic heterocycles. The Morgan fingerprint density at radius 3 is 2.74 bits per heavy atom. The fourth-order valence-electron chi connectivity index (χ4n) is 3.02. The molecule has 0 amide bonds. The van der Waals surface area contributed by atoms with E-state index in [1.807, 2.05) is 0 Å². The zero-order chi connectivity index (χ0) is 13.1. The highest BCUT2D eigenvalue weighted by molar-refractivity contribution is 14.1. The highest BCUT2D eigenvalue weighted by Crippen LogP contribution is 2.37. The predicted octanol–water partition coefficient (Wildman–Crippen LogP) is 5.66. The molecule has 0 fully saturated rings. The van der Waals surface area contributed by atoms with E-state index in [1.54, 1.807) is 5.57 Å². The quantitative estimate of drug-likeness (QED) is 0.556. The summed E-state index contributed by atoms with van der Waals surface area (Å²) >= 11 is 2.51. The summed E-state index contributed by atoms with van der Waals surface area (Å²) in [7, 11) is 0. The molecule has 0 bridgehead atoms. The first-order chi connectivity index (χ1) is 9.33. The van der Waals surface area contributed by atoms with Gasteiger partial charge in [-0.25, -0.2) is 0 Å². The maximum absolute atomic E-state index is 2.52. The van der Waals surface area contributed by atoms with Crippen molar-refractivity contribution < 1.29 is 0 Å². The van der Waals surface area contributed by atoms with Crippen LogP contribution in [0, 0.1) is 11.8 Å². The fourth-order valence-corrected chi connectivity index (χ4v) is 3.85. The van der Waals surface area contributed by atoms with Crippen LogP contribution >= 0.6 is 22.6 Å². The van der Waals surface area contributed by atoms with Crippen molar-refractivity contribution in [2.24, 2.45) is 11.8 Å². The smallest absolute Gasteiger partial charge is 0.00530 e. The maximum Gasteiger partial charge on any atom is 0.00530 e. The van der Waals surface area contributed by atoms with Gasteiger partial charge in [0, 0.05) is 11.8 Å². The van der Waals surface area contributed by atoms with E-state index >= 15 is 0 Å². The van der Waals surface area contributed by atoms with Crippen LogP contribution in [-0.2, 0) is 0 Å². The van der Waals surface area contributed by atoms with Crippen molar-refractivity contribution in [3.63, 3.8) is 0 Å². The summed E-state index contributed by atoms with van der Waals surface area (Å²) in [6.45, 7) is 0. The van der Waals surface area contributed by atoms with Gasteiger partial charge in [-0.2, -0.15) is 0 Å². The van der Waals surface area contributed by atoms with Crippen molar-refractivity contribution in [3.05, 3.63) is 69.4 Å². The molecule has 3 aliphatic rings. The van der Waals surface area contributed by atoms with Crippen LogP contribution in [0.1, 0.15) is 25.7 Å². The van der Waals surface area contributed by atoms with Gasteiger partial charge in [-0.1, -0.05) is 54.2 Å². The third-order valence-electron chi connectivity index (χ3n) is 4.06. The molecule has 0 aromatic rings.